The molecule has 2 aliphatic rings. The van der Waals surface area contributed by atoms with E-state index in [1.807, 2.05) is 54.3 Å². The fraction of sp³-hybridized carbons (Fsp3) is 0.308. The summed E-state index contributed by atoms with van der Waals surface area (Å²) in [6, 6.07) is 9.73. The van der Waals surface area contributed by atoms with E-state index in [2.05, 4.69) is 20.1 Å². The van der Waals surface area contributed by atoms with Gasteiger partial charge < -0.3 is 14.8 Å². The first kappa shape index (κ1) is 20.8. The summed E-state index contributed by atoms with van der Waals surface area (Å²) in [6.45, 7) is 1.92. The number of hydrogen-bond acceptors (Lipinski definition) is 6. The molecule has 3 aromatic heterocycles. The van der Waals surface area contributed by atoms with Gasteiger partial charge in [0.2, 0.25) is 0 Å². The van der Waals surface area contributed by atoms with E-state index in [-0.39, 0.29) is 6.10 Å². The van der Waals surface area contributed by atoms with Crippen LogP contribution < -0.4 is 4.74 Å². The second-order valence-electron chi connectivity index (χ2n) is 9.94. The van der Waals surface area contributed by atoms with Gasteiger partial charge in [-0.05, 0) is 62.3 Å². The molecule has 8 nitrogen and oxygen atoms in total. The van der Waals surface area contributed by atoms with E-state index < -0.39 is 0 Å². The molecule has 35 heavy (non-hydrogen) atoms. The number of aromatic nitrogens is 6. The van der Waals surface area contributed by atoms with E-state index in [4.69, 9.17) is 21.3 Å². The maximum atomic E-state index is 9.65. The van der Waals surface area contributed by atoms with Gasteiger partial charge in [-0.2, -0.15) is 5.10 Å². The Kier molecular flexibility index (Phi) is 4.47. The van der Waals surface area contributed by atoms with Gasteiger partial charge in [-0.25, -0.2) is 9.97 Å². The fourth-order valence-corrected chi connectivity index (χ4v) is 5.86. The van der Waals surface area contributed by atoms with Crippen LogP contribution in [0.2, 0.25) is 5.02 Å². The van der Waals surface area contributed by atoms with Crippen LogP contribution in [-0.4, -0.2) is 40.9 Å². The quantitative estimate of drug-likeness (QED) is 0.343. The van der Waals surface area contributed by atoms with Crippen molar-refractivity contribution in [1.82, 2.24) is 29.7 Å². The SMILES string of the molecule is Cc1nc2ccc(Oc3ccc4ncc(-c5cnn(C6CC7(CC(O)C7)C6)c5)nc4c3Cl)cc2[nH]1. The molecule has 2 aliphatic carbocycles. The van der Waals surface area contributed by atoms with Crippen LogP contribution in [-0.2, 0) is 0 Å². The van der Waals surface area contributed by atoms with Crippen LogP contribution in [0.3, 0.4) is 0 Å². The lowest BCUT2D eigenvalue weighted by atomic mass is 9.53. The summed E-state index contributed by atoms with van der Waals surface area (Å²) >= 11 is 6.74. The molecule has 0 bridgehead atoms. The van der Waals surface area contributed by atoms with Crippen molar-refractivity contribution in [2.75, 3.05) is 0 Å². The van der Waals surface area contributed by atoms with E-state index in [0.29, 0.717) is 44.7 Å². The molecule has 2 aromatic carbocycles. The second kappa shape index (κ2) is 7.50. The molecule has 0 amide bonds. The van der Waals surface area contributed by atoms with E-state index in [1.54, 1.807) is 6.20 Å². The lowest BCUT2D eigenvalue weighted by Gasteiger charge is -2.56. The number of ether oxygens (including phenoxy) is 1. The Balaban J connectivity index is 1.16. The van der Waals surface area contributed by atoms with Crippen LogP contribution >= 0.6 is 11.6 Å². The monoisotopic (exact) mass is 486 g/mol. The molecule has 0 unspecified atom stereocenters. The average Bonchev–Trinajstić information content (AvgIpc) is 3.43. The molecular weight excluding hydrogens is 464 g/mol. The van der Waals surface area contributed by atoms with E-state index in [0.717, 1.165) is 48.1 Å². The summed E-state index contributed by atoms with van der Waals surface area (Å²) in [5.41, 5.74) is 5.02. The number of rotatable bonds is 4. The highest BCUT2D eigenvalue weighted by molar-refractivity contribution is 6.36. The molecule has 1 spiro atoms. The molecule has 2 fully saturated rings. The number of fused-ring (bicyclic) bond motifs is 2. The van der Waals surface area contributed by atoms with Crippen molar-refractivity contribution >= 4 is 33.7 Å². The first-order valence-electron chi connectivity index (χ1n) is 11.8. The van der Waals surface area contributed by atoms with Gasteiger partial charge in [0.05, 0.1) is 46.8 Å². The van der Waals surface area contributed by atoms with E-state index >= 15 is 0 Å². The maximum absolute atomic E-state index is 9.65. The van der Waals surface area contributed by atoms with Crippen molar-refractivity contribution in [3.05, 3.63) is 59.8 Å². The third-order valence-electron chi connectivity index (χ3n) is 7.36. The first-order valence-corrected chi connectivity index (χ1v) is 12.1. The Bertz CT molecular complexity index is 1590. The number of halogens is 1. The molecule has 5 aromatic rings. The van der Waals surface area contributed by atoms with Crippen molar-refractivity contribution < 1.29 is 9.84 Å². The van der Waals surface area contributed by atoms with Crippen molar-refractivity contribution in [2.24, 2.45) is 5.41 Å². The van der Waals surface area contributed by atoms with Gasteiger partial charge in [-0.1, -0.05) is 11.6 Å². The van der Waals surface area contributed by atoms with Crippen LogP contribution in [0.15, 0.2) is 48.9 Å². The van der Waals surface area contributed by atoms with E-state index in [9.17, 15) is 5.11 Å². The Morgan fingerprint density at radius 3 is 2.74 bits per heavy atom. The molecule has 9 heteroatoms. The second-order valence-corrected chi connectivity index (χ2v) is 10.3. The number of aromatic amines is 1. The Morgan fingerprint density at radius 2 is 1.91 bits per heavy atom. The number of aliphatic hydroxyl groups excluding tert-OH is 1. The molecule has 0 radical (unpaired) electrons. The lowest BCUT2D eigenvalue weighted by molar-refractivity contribution is -0.108. The van der Waals surface area contributed by atoms with Crippen molar-refractivity contribution in [3.63, 3.8) is 0 Å². The smallest absolute Gasteiger partial charge is 0.148 e. The molecule has 7 rings (SSSR count). The van der Waals surface area contributed by atoms with Gasteiger partial charge in [0.25, 0.3) is 0 Å². The summed E-state index contributed by atoms with van der Waals surface area (Å²) in [5, 5.41) is 14.6. The van der Waals surface area contributed by atoms with Gasteiger partial charge in [-0.3, -0.25) is 9.67 Å². The summed E-state index contributed by atoms with van der Waals surface area (Å²) in [7, 11) is 0. The highest BCUT2D eigenvalue weighted by atomic mass is 35.5. The predicted octanol–water partition coefficient (Wildman–Crippen LogP) is 5.60. The standard InChI is InChI=1S/C26H23ClN6O2/c1-14-30-19-3-2-18(6-21(19)31-14)35-23-5-4-20-25(24(23)27)32-22(12-28-20)15-11-29-33(13-15)16-7-26(8-16)9-17(34)10-26/h2-6,11-13,16-17,34H,7-10H2,1H3,(H,30,31). The van der Waals surface area contributed by atoms with Crippen molar-refractivity contribution in [1.29, 1.82) is 0 Å². The number of nitrogens with zero attached hydrogens (tertiary/aromatic N) is 5. The fourth-order valence-electron chi connectivity index (χ4n) is 5.62. The minimum atomic E-state index is -0.117. The van der Waals surface area contributed by atoms with Crippen LogP contribution in [0, 0.1) is 12.3 Å². The third kappa shape index (κ3) is 3.47. The molecule has 2 N–H and O–H groups in total. The van der Waals surface area contributed by atoms with Gasteiger partial charge in [0.15, 0.2) is 0 Å². The zero-order valence-corrected chi connectivity index (χ0v) is 19.8. The zero-order valence-electron chi connectivity index (χ0n) is 19.1. The molecule has 3 heterocycles. The van der Waals surface area contributed by atoms with Crippen LogP contribution in [0.5, 0.6) is 11.5 Å². The van der Waals surface area contributed by atoms with Gasteiger partial charge >= 0.3 is 0 Å². The zero-order chi connectivity index (χ0) is 23.7. The molecule has 0 atom stereocenters. The first-order chi connectivity index (χ1) is 16.9. The molecule has 2 saturated carbocycles. The minimum absolute atomic E-state index is 0.117. The number of hydrogen-bond donors (Lipinski definition) is 2. The Labute approximate surface area is 206 Å². The molecule has 0 saturated heterocycles. The maximum Gasteiger partial charge on any atom is 0.148 e. The van der Waals surface area contributed by atoms with Crippen LogP contribution in [0.4, 0.5) is 0 Å². The summed E-state index contributed by atoms with van der Waals surface area (Å²) in [6.07, 6.45) is 9.48. The summed E-state index contributed by atoms with van der Waals surface area (Å²) < 4.78 is 8.12. The van der Waals surface area contributed by atoms with E-state index in [1.165, 1.54) is 0 Å². The summed E-state index contributed by atoms with van der Waals surface area (Å²) in [5.74, 6) is 2.02. The highest BCUT2D eigenvalue weighted by Gasteiger charge is 2.53. The normalized spacial score (nSPS) is 23.5. The Morgan fingerprint density at radius 1 is 1.09 bits per heavy atom. The Hall–Kier alpha value is -3.49. The molecule has 0 aliphatic heterocycles. The van der Waals surface area contributed by atoms with Crippen molar-refractivity contribution in [2.45, 2.75) is 44.8 Å². The summed E-state index contributed by atoms with van der Waals surface area (Å²) in [4.78, 5) is 17.0. The van der Waals surface area contributed by atoms with Gasteiger partial charge in [0.1, 0.15) is 27.9 Å². The van der Waals surface area contributed by atoms with Crippen LogP contribution in [0.1, 0.15) is 37.5 Å². The average molecular weight is 487 g/mol. The van der Waals surface area contributed by atoms with Gasteiger partial charge in [-0.15, -0.1) is 0 Å². The van der Waals surface area contributed by atoms with Gasteiger partial charge in [0, 0.05) is 17.8 Å². The number of aliphatic hydroxyl groups is 1. The largest absolute Gasteiger partial charge is 0.456 e. The molecular formula is C26H23ClN6O2. The van der Waals surface area contributed by atoms with Crippen molar-refractivity contribution in [3.8, 4) is 22.8 Å². The molecule has 176 valence electrons. The number of H-pyrrole nitrogens is 1. The number of benzene rings is 2. The lowest BCUT2D eigenvalue weighted by Crippen LogP contribution is -2.50. The highest BCUT2D eigenvalue weighted by Crippen LogP contribution is 2.60. The van der Waals surface area contributed by atoms with Crippen LogP contribution in [0.25, 0.3) is 33.3 Å². The number of aryl methyl sites for hydroxylation is 1. The number of nitrogens with one attached hydrogen (secondary N) is 1. The third-order valence-corrected chi connectivity index (χ3v) is 7.73. The predicted molar refractivity (Wildman–Crippen MR) is 133 cm³/mol. The topological polar surface area (TPSA) is 102 Å². The minimum Gasteiger partial charge on any atom is -0.456 e. The number of imidazole rings is 1.